The van der Waals surface area contributed by atoms with Gasteiger partial charge in [0.25, 0.3) is 0 Å². The third-order valence-corrected chi connectivity index (χ3v) is 2.52. The third kappa shape index (κ3) is 3.14. The molecular weight excluding hydrogens is 212 g/mol. The molecule has 3 nitrogen and oxygen atoms in total. The lowest BCUT2D eigenvalue weighted by atomic mass is 10.2. The van der Waals surface area contributed by atoms with Crippen molar-refractivity contribution in [3.8, 4) is 5.75 Å². The van der Waals surface area contributed by atoms with Crippen molar-refractivity contribution in [2.75, 3.05) is 18.2 Å². The van der Waals surface area contributed by atoms with Crippen LogP contribution in [-0.2, 0) is 6.54 Å². The van der Waals surface area contributed by atoms with Gasteiger partial charge in [0.1, 0.15) is 5.75 Å². The Kier molecular flexibility index (Phi) is 3.50. The van der Waals surface area contributed by atoms with Crippen molar-refractivity contribution >= 4 is 11.4 Å². The summed E-state index contributed by atoms with van der Waals surface area (Å²) >= 11 is 0. The van der Waals surface area contributed by atoms with E-state index in [0.717, 1.165) is 29.2 Å². The molecule has 0 aliphatic rings. The normalized spacial score (nSPS) is 9.94. The van der Waals surface area contributed by atoms with Gasteiger partial charge in [0.2, 0.25) is 0 Å². The summed E-state index contributed by atoms with van der Waals surface area (Å²) in [6, 6.07) is 15.7. The molecule has 0 bridgehead atoms. The van der Waals surface area contributed by atoms with Gasteiger partial charge in [0, 0.05) is 24.0 Å². The Hall–Kier alpha value is -2.16. The van der Waals surface area contributed by atoms with Gasteiger partial charge in [-0.05, 0) is 29.8 Å². The number of benzene rings is 2. The molecule has 0 unspecified atom stereocenters. The van der Waals surface area contributed by atoms with Crippen molar-refractivity contribution in [3.05, 3.63) is 54.1 Å². The number of anilines is 2. The van der Waals surface area contributed by atoms with E-state index in [1.165, 1.54) is 0 Å². The van der Waals surface area contributed by atoms with Gasteiger partial charge in [0.15, 0.2) is 0 Å². The highest BCUT2D eigenvalue weighted by Crippen LogP contribution is 2.17. The summed E-state index contributed by atoms with van der Waals surface area (Å²) in [6.07, 6.45) is 0. The van der Waals surface area contributed by atoms with E-state index in [1.54, 1.807) is 7.11 Å². The predicted octanol–water partition coefficient (Wildman–Crippen LogP) is 2.89. The van der Waals surface area contributed by atoms with Crippen molar-refractivity contribution in [2.24, 2.45) is 0 Å². The molecule has 0 aliphatic heterocycles. The third-order valence-electron chi connectivity index (χ3n) is 2.52. The Morgan fingerprint density at radius 1 is 1.12 bits per heavy atom. The first-order valence-electron chi connectivity index (χ1n) is 5.50. The fraction of sp³-hybridized carbons (Fsp3) is 0.143. The summed E-state index contributed by atoms with van der Waals surface area (Å²) in [5.41, 5.74) is 8.71. The Balaban J connectivity index is 2.02. The zero-order chi connectivity index (χ0) is 12.1. The SMILES string of the molecule is COc1cccc(NCc2cccc(N)c2)c1. The molecular formula is C14H16N2O. The Labute approximate surface area is 101 Å². The summed E-state index contributed by atoms with van der Waals surface area (Å²) in [5.74, 6) is 0.850. The van der Waals surface area contributed by atoms with Crippen molar-refractivity contribution in [1.82, 2.24) is 0 Å². The van der Waals surface area contributed by atoms with Crippen LogP contribution in [0.3, 0.4) is 0 Å². The summed E-state index contributed by atoms with van der Waals surface area (Å²) in [5, 5.41) is 3.33. The smallest absolute Gasteiger partial charge is 0.120 e. The van der Waals surface area contributed by atoms with Gasteiger partial charge in [-0.15, -0.1) is 0 Å². The van der Waals surface area contributed by atoms with E-state index in [0.29, 0.717) is 0 Å². The lowest BCUT2D eigenvalue weighted by molar-refractivity contribution is 0.415. The molecule has 3 heteroatoms. The highest BCUT2D eigenvalue weighted by atomic mass is 16.5. The molecule has 2 aromatic rings. The highest BCUT2D eigenvalue weighted by molar-refractivity contribution is 5.49. The molecule has 0 fully saturated rings. The number of ether oxygens (including phenoxy) is 1. The van der Waals surface area contributed by atoms with E-state index >= 15 is 0 Å². The van der Waals surface area contributed by atoms with Crippen LogP contribution in [0.15, 0.2) is 48.5 Å². The van der Waals surface area contributed by atoms with E-state index in [2.05, 4.69) is 5.32 Å². The maximum atomic E-state index is 5.73. The first-order chi connectivity index (χ1) is 8.28. The lowest BCUT2D eigenvalue weighted by Gasteiger charge is -2.08. The Bertz CT molecular complexity index is 497. The number of nitrogen functional groups attached to an aromatic ring is 1. The zero-order valence-corrected chi connectivity index (χ0v) is 9.81. The number of hydrogen-bond acceptors (Lipinski definition) is 3. The fourth-order valence-corrected chi connectivity index (χ4v) is 1.64. The van der Waals surface area contributed by atoms with Crippen molar-refractivity contribution in [2.45, 2.75) is 6.54 Å². The first-order valence-corrected chi connectivity index (χ1v) is 5.50. The monoisotopic (exact) mass is 228 g/mol. The van der Waals surface area contributed by atoms with Crippen LogP contribution in [0.5, 0.6) is 5.75 Å². The minimum absolute atomic E-state index is 0.748. The molecule has 2 rings (SSSR count). The molecule has 0 saturated carbocycles. The molecule has 0 saturated heterocycles. The average molecular weight is 228 g/mol. The molecule has 0 amide bonds. The second-order valence-electron chi connectivity index (χ2n) is 3.83. The number of methoxy groups -OCH3 is 1. The van der Waals surface area contributed by atoms with Crippen LogP contribution in [0.2, 0.25) is 0 Å². The summed E-state index contributed by atoms with van der Waals surface area (Å²) < 4.78 is 5.17. The molecule has 3 N–H and O–H groups in total. The van der Waals surface area contributed by atoms with E-state index in [9.17, 15) is 0 Å². The minimum atomic E-state index is 0.748. The average Bonchev–Trinajstić information content (AvgIpc) is 2.37. The molecule has 0 heterocycles. The molecule has 0 spiro atoms. The van der Waals surface area contributed by atoms with E-state index < -0.39 is 0 Å². The topological polar surface area (TPSA) is 47.3 Å². The number of rotatable bonds is 4. The Morgan fingerprint density at radius 2 is 1.94 bits per heavy atom. The second kappa shape index (κ2) is 5.25. The number of nitrogens with two attached hydrogens (primary N) is 1. The largest absolute Gasteiger partial charge is 0.497 e. The number of hydrogen-bond donors (Lipinski definition) is 2. The molecule has 0 aromatic heterocycles. The molecule has 2 aromatic carbocycles. The van der Waals surface area contributed by atoms with E-state index in [-0.39, 0.29) is 0 Å². The number of nitrogens with one attached hydrogen (secondary N) is 1. The Morgan fingerprint density at radius 3 is 2.71 bits per heavy atom. The molecule has 17 heavy (non-hydrogen) atoms. The van der Waals surface area contributed by atoms with E-state index in [1.807, 2.05) is 48.5 Å². The second-order valence-corrected chi connectivity index (χ2v) is 3.83. The maximum absolute atomic E-state index is 5.73. The van der Waals surface area contributed by atoms with Gasteiger partial charge in [-0.25, -0.2) is 0 Å². The van der Waals surface area contributed by atoms with Crippen LogP contribution in [0, 0.1) is 0 Å². The summed E-state index contributed by atoms with van der Waals surface area (Å²) in [7, 11) is 1.66. The van der Waals surface area contributed by atoms with Gasteiger partial charge < -0.3 is 15.8 Å². The van der Waals surface area contributed by atoms with E-state index in [4.69, 9.17) is 10.5 Å². The van der Waals surface area contributed by atoms with Crippen LogP contribution in [0.4, 0.5) is 11.4 Å². The van der Waals surface area contributed by atoms with Gasteiger partial charge in [-0.1, -0.05) is 18.2 Å². The van der Waals surface area contributed by atoms with Crippen LogP contribution in [-0.4, -0.2) is 7.11 Å². The van der Waals surface area contributed by atoms with Crippen LogP contribution in [0.1, 0.15) is 5.56 Å². The van der Waals surface area contributed by atoms with Gasteiger partial charge in [-0.2, -0.15) is 0 Å². The zero-order valence-electron chi connectivity index (χ0n) is 9.81. The maximum Gasteiger partial charge on any atom is 0.120 e. The van der Waals surface area contributed by atoms with Crippen LogP contribution < -0.4 is 15.8 Å². The molecule has 0 aliphatic carbocycles. The lowest BCUT2D eigenvalue weighted by Crippen LogP contribution is -2.00. The molecule has 0 radical (unpaired) electrons. The van der Waals surface area contributed by atoms with Crippen LogP contribution in [0.25, 0.3) is 0 Å². The van der Waals surface area contributed by atoms with Gasteiger partial charge >= 0.3 is 0 Å². The van der Waals surface area contributed by atoms with Crippen molar-refractivity contribution in [3.63, 3.8) is 0 Å². The predicted molar refractivity (Wildman–Crippen MR) is 71.2 cm³/mol. The quantitative estimate of drug-likeness (QED) is 0.791. The van der Waals surface area contributed by atoms with Crippen molar-refractivity contribution in [1.29, 1.82) is 0 Å². The molecule has 88 valence electrons. The summed E-state index contributed by atoms with van der Waals surface area (Å²) in [4.78, 5) is 0. The van der Waals surface area contributed by atoms with Crippen LogP contribution >= 0.6 is 0 Å². The standard InChI is InChI=1S/C14H16N2O/c1-17-14-7-3-6-13(9-14)16-10-11-4-2-5-12(15)8-11/h2-9,16H,10,15H2,1H3. The highest BCUT2D eigenvalue weighted by Gasteiger charge is 1.96. The first kappa shape index (κ1) is 11.3. The van der Waals surface area contributed by atoms with Gasteiger partial charge in [-0.3, -0.25) is 0 Å². The van der Waals surface area contributed by atoms with Gasteiger partial charge in [0.05, 0.1) is 7.11 Å². The summed E-state index contributed by atoms with van der Waals surface area (Å²) in [6.45, 7) is 0.748. The fourth-order valence-electron chi connectivity index (χ4n) is 1.64. The molecule has 0 atom stereocenters. The van der Waals surface area contributed by atoms with Crippen molar-refractivity contribution < 1.29 is 4.74 Å². The minimum Gasteiger partial charge on any atom is -0.497 e.